The van der Waals surface area contributed by atoms with Gasteiger partial charge in [-0.1, -0.05) is 0 Å². The summed E-state index contributed by atoms with van der Waals surface area (Å²) in [6, 6.07) is -0.103. The third-order valence-corrected chi connectivity index (χ3v) is 2.82. The molecule has 0 aromatic heterocycles. The van der Waals surface area contributed by atoms with Gasteiger partial charge in [0.2, 0.25) is 5.91 Å². The molecule has 0 aromatic rings. The second-order valence-electron chi connectivity index (χ2n) is 4.74. The molecule has 1 heterocycles. The van der Waals surface area contributed by atoms with Gasteiger partial charge in [-0.05, 0) is 33.2 Å². The average molecular weight is 265 g/mol. The minimum atomic E-state index is -0.678. The molecular weight excluding hydrogens is 244 g/mol. The Hall–Kier alpha value is -0.810. The van der Waals surface area contributed by atoms with Gasteiger partial charge in [-0.25, -0.2) is 0 Å². The first kappa shape index (κ1) is 16.2. The lowest BCUT2D eigenvalue weighted by atomic mass is 9.93. The normalized spacial score (nSPS) is 19.4. The van der Waals surface area contributed by atoms with Crippen molar-refractivity contribution in [2.75, 3.05) is 20.2 Å². The Morgan fingerprint density at radius 1 is 1.47 bits per heavy atom. The van der Waals surface area contributed by atoms with Gasteiger partial charge in [-0.2, -0.15) is 0 Å². The molecule has 17 heavy (non-hydrogen) atoms. The van der Waals surface area contributed by atoms with Gasteiger partial charge in [-0.15, -0.1) is 12.4 Å². The molecule has 100 valence electrons. The molecule has 6 heteroatoms. The lowest BCUT2D eigenvalue weighted by molar-refractivity contribution is -0.150. The highest BCUT2D eigenvalue weighted by molar-refractivity contribution is 5.85. The highest BCUT2D eigenvalue weighted by Crippen LogP contribution is 2.15. The summed E-state index contributed by atoms with van der Waals surface area (Å²) in [5.41, 5.74) is -0.678. The first-order valence-electron chi connectivity index (χ1n) is 5.57. The summed E-state index contributed by atoms with van der Waals surface area (Å²) in [5, 5.41) is 5.89. The van der Waals surface area contributed by atoms with E-state index in [1.807, 2.05) is 0 Å². The van der Waals surface area contributed by atoms with Crippen LogP contribution in [0, 0.1) is 5.41 Å². The quantitative estimate of drug-likeness (QED) is 0.725. The van der Waals surface area contributed by atoms with Crippen molar-refractivity contribution in [3.63, 3.8) is 0 Å². The molecule has 0 aromatic carbocycles. The first-order valence-corrected chi connectivity index (χ1v) is 5.57. The monoisotopic (exact) mass is 264 g/mol. The van der Waals surface area contributed by atoms with Crippen LogP contribution in [-0.4, -0.2) is 38.1 Å². The Balaban J connectivity index is 0.00000256. The van der Waals surface area contributed by atoms with E-state index in [1.54, 1.807) is 13.8 Å². The Morgan fingerprint density at radius 3 is 2.59 bits per heavy atom. The third-order valence-electron chi connectivity index (χ3n) is 2.82. The molecule has 1 aliphatic rings. The van der Waals surface area contributed by atoms with Crippen LogP contribution in [0.15, 0.2) is 0 Å². The molecule has 2 N–H and O–H groups in total. The molecule has 1 fully saturated rings. The zero-order valence-corrected chi connectivity index (χ0v) is 11.4. The molecule has 1 unspecified atom stereocenters. The minimum absolute atomic E-state index is 0. The highest BCUT2D eigenvalue weighted by atomic mass is 35.5. The minimum Gasteiger partial charge on any atom is -0.469 e. The standard InChI is InChI=1S/C11H20N2O3.ClH/c1-11(2,10(15)16-3)7-13-9(14)8-5-4-6-12-8;/h8,12H,4-7H2,1-3H3,(H,13,14);1H. The SMILES string of the molecule is COC(=O)C(C)(C)CNC(=O)C1CCCN1.Cl. The molecule has 1 amide bonds. The van der Waals surface area contributed by atoms with Crippen LogP contribution < -0.4 is 10.6 Å². The van der Waals surface area contributed by atoms with Crippen LogP contribution in [0.2, 0.25) is 0 Å². The number of halogens is 1. The van der Waals surface area contributed by atoms with E-state index >= 15 is 0 Å². The van der Waals surface area contributed by atoms with Gasteiger partial charge in [-0.3, -0.25) is 9.59 Å². The molecule has 0 radical (unpaired) electrons. The Morgan fingerprint density at radius 2 is 2.12 bits per heavy atom. The molecule has 1 saturated heterocycles. The summed E-state index contributed by atoms with van der Waals surface area (Å²) in [7, 11) is 1.35. The molecule has 1 atom stereocenters. The van der Waals surface area contributed by atoms with Crippen LogP contribution in [0.25, 0.3) is 0 Å². The van der Waals surface area contributed by atoms with Crippen molar-refractivity contribution in [1.82, 2.24) is 10.6 Å². The number of hydrogen-bond donors (Lipinski definition) is 2. The van der Waals surface area contributed by atoms with Gasteiger partial charge in [0.05, 0.1) is 18.6 Å². The fourth-order valence-corrected chi connectivity index (χ4v) is 1.69. The van der Waals surface area contributed by atoms with E-state index in [2.05, 4.69) is 15.4 Å². The van der Waals surface area contributed by atoms with Crippen molar-refractivity contribution in [2.45, 2.75) is 32.7 Å². The van der Waals surface area contributed by atoms with Crippen molar-refractivity contribution in [1.29, 1.82) is 0 Å². The summed E-state index contributed by atoms with van der Waals surface area (Å²) >= 11 is 0. The number of rotatable bonds is 4. The van der Waals surface area contributed by atoms with Crippen molar-refractivity contribution in [3.8, 4) is 0 Å². The van der Waals surface area contributed by atoms with E-state index in [9.17, 15) is 9.59 Å². The maximum atomic E-state index is 11.7. The molecular formula is C11H21ClN2O3. The lowest BCUT2D eigenvalue weighted by Gasteiger charge is -2.22. The van der Waals surface area contributed by atoms with Crippen molar-refractivity contribution >= 4 is 24.3 Å². The van der Waals surface area contributed by atoms with Gasteiger partial charge >= 0.3 is 5.97 Å². The molecule has 0 saturated carbocycles. The van der Waals surface area contributed by atoms with Gasteiger partial charge < -0.3 is 15.4 Å². The molecule has 5 nitrogen and oxygen atoms in total. The van der Waals surface area contributed by atoms with E-state index in [4.69, 9.17) is 0 Å². The average Bonchev–Trinajstić information content (AvgIpc) is 2.78. The number of hydrogen-bond acceptors (Lipinski definition) is 4. The first-order chi connectivity index (χ1) is 7.47. The summed E-state index contributed by atoms with van der Waals surface area (Å²) in [4.78, 5) is 23.1. The summed E-state index contributed by atoms with van der Waals surface area (Å²) in [5.74, 6) is -0.346. The number of carbonyl (C=O) groups excluding carboxylic acids is 2. The van der Waals surface area contributed by atoms with Gasteiger partial charge in [0.25, 0.3) is 0 Å². The second-order valence-corrected chi connectivity index (χ2v) is 4.74. The molecule has 1 rings (SSSR count). The molecule has 0 aliphatic carbocycles. The smallest absolute Gasteiger partial charge is 0.313 e. The number of carbonyl (C=O) groups is 2. The largest absolute Gasteiger partial charge is 0.469 e. The molecule has 1 aliphatic heterocycles. The maximum absolute atomic E-state index is 11.7. The third kappa shape index (κ3) is 4.52. The fourth-order valence-electron chi connectivity index (χ4n) is 1.69. The van der Waals surface area contributed by atoms with Crippen LogP contribution in [0.4, 0.5) is 0 Å². The van der Waals surface area contributed by atoms with Crippen molar-refractivity contribution in [2.24, 2.45) is 5.41 Å². The van der Waals surface area contributed by atoms with E-state index in [0.29, 0.717) is 6.54 Å². The highest BCUT2D eigenvalue weighted by Gasteiger charge is 2.30. The van der Waals surface area contributed by atoms with Crippen LogP contribution in [0.5, 0.6) is 0 Å². The van der Waals surface area contributed by atoms with Crippen molar-refractivity contribution in [3.05, 3.63) is 0 Å². The topological polar surface area (TPSA) is 67.4 Å². The van der Waals surface area contributed by atoms with Gasteiger partial charge in [0, 0.05) is 6.54 Å². The summed E-state index contributed by atoms with van der Waals surface area (Å²) in [6.45, 7) is 4.69. The van der Waals surface area contributed by atoms with Crippen molar-refractivity contribution < 1.29 is 14.3 Å². The van der Waals surface area contributed by atoms with Crippen LogP contribution in [0.3, 0.4) is 0 Å². The zero-order valence-electron chi connectivity index (χ0n) is 10.5. The predicted octanol–water partition coefficient (Wildman–Crippen LogP) is 0.476. The van der Waals surface area contributed by atoms with E-state index in [0.717, 1.165) is 19.4 Å². The van der Waals surface area contributed by atoms with E-state index in [1.165, 1.54) is 7.11 Å². The van der Waals surface area contributed by atoms with E-state index in [-0.39, 0.29) is 30.3 Å². The van der Waals surface area contributed by atoms with E-state index < -0.39 is 5.41 Å². The molecule has 0 bridgehead atoms. The Kier molecular flexibility index (Phi) is 6.49. The number of nitrogens with one attached hydrogen (secondary N) is 2. The van der Waals surface area contributed by atoms with Gasteiger partial charge in [0.1, 0.15) is 0 Å². The summed E-state index contributed by atoms with van der Waals surface area (Å²) in [6.07, 6.45) is 1.89. The molecule has 0 spiro atoms. The lowest BCUT2D eigenvalue weighted by Crippen LogP contribution is -2.46. The van der Waals surface area contributed by atoms with Crippen LogP contribution in [-0.2, 0) is 14.3 Å². The number of methoxy groups -OCH3 is 1. The van der Waals surface area contributed by atoms with Crippen LogP contribution in [0.1, 0.15) is 26.7 Å². The van der Waals surface area contributed by atoms with Crippen LogP contribution >= 0.6 is 12.4 Å². The number of amides is 1. The predicted molar refractivity (Wildman–Crippen MR) is 67.1 cm³/mol. The maximum Gasteiger partial charge on any atom is 0.313 e. The second kappa shape index (κ2) is 6.81. The Bertz CT molecular complexity index is 276. The fraction of sp³-hybridized carbons (Fsp3) is 0.818. The van der Waals surface area contributed by atoms with Gasteiger partial charge in [0.15, 0.2) is 0 Å². The Labute approximate surface area is 108 Å². The number of ether oxygens (including phenoxy) is 1. The zero-order chi connectivity index (χ0) is 12.2. The number of esters is 1. The summed E-state index contributed by atoms with van der Waals surface area (Å²) < 4.78 is 4.67.